The minimum atomic E-state index is -0.383. The first-order valence-corrected chi connectivity index (χ1v) is 6.63. The highest BCUT2D eigenvalue weighted by molar-refractivity contribution is 5.76. The smallest absolute Gasteiger partial charge is 0.323 e. The van der Waals surface area contributed by atoms with Gasteiger partial charge in [0.15, 0.2) is 0 Å². The van der Waals surface area contributed by atoms with Gasteiger partial charge in [0.05, 0.1) is 0 Å². The van der Waals surface area contributed by atoms with Gasteiger partial charge in [-0.15, -0.1) is 0 Å². The van der Waals surface area contributed by atoms with Gasteiger partial charge in [0.2, 0.25) is 0 Å². The predicted octanol–water partition coefficient (Wildman–Crippen LogP) is 1.90. The molecule has 0 spiro atoms. The highest BCUT2D eigenvalue weighted by Gasteiger charge is 2.37. The molecule has 5 nitrogen and oxygen atoms in total. The highest BCUT2D eigenvalue weighted by Crippen LogP contribution is 2.40. The first kappa shape index (κ1) is 12.8. The maximum Gasteiger partial charge on any atom is 0.323 e. The molecule has 1 fully saturated rings. The maximum absolute atomic E-state index is 13.2. The molecule has 0 saturated heterocycles. The van der Waals surface area contributed by atoms with Crippen molar-refractivity contribution < 1.29 is 9.18 Å². The molecule has 6 heteroatoms. The number of anilines is 1. The average molecular weight is 276 g/mol. The molecule has 1 aliphatic heterocycles. The number of halogens is 1. The zero-order valence-corrected chi connectivity index (χ0v) is 11.2. The molecule has 2 aliphatic rings. The Kier molecular flexibility index (Phi) is 3.00. The standard InChI is InChI=1S/C14H17FN4O/c1-17-14(20)19-7-12(8-2-3-8)18-13(19)10-5-4-9(15)6-11(10)16/h4-8,13,18H,2-3,16H2,1H3,(H,17,20). The Morgan fingerprint density at radius 3 is 2.85 bits per heavy atom. The summed E-state index contributed by atoms with van der Waals surface area (Å²) in [6, 6.07) is 4.02. The molecule has 4 N–H and O–H groups in total. The first-order chi connectivity index (χ1) is 9.60. The summed E-state index contributed by atoms with van der Waals surface area (Å²) in [7, 11) is 1.58. The van der Waals surface area contributed by atoms with Crippen molar-refractivity contribution in [2.24, 2.45) is 5.92 Å². The van der Waals surface area contributed by atoms with Crippen LogP contribution in [0.5, 0.6) is 0 Å². The van der Waals surface area contributed by atoms with E-state index in [9.17, 15) is 9.18 Å². The fraction of sp³-hybridized carbons (Fsp3) is 0.357. The Hall–Kier alpha value is -2.24. The summed E-state index contributed by atoms with van der Waals surface area (Å²) in [5.74, 6) is 0.111. The third-order valence-electron chi connectivity index (χ3n) is 3.67. The average Bonchev–Trinajstić information content (AvgIpc) is 3.18. The van der Waals surface area contributed by atoms with Gasteiger partial charge in [0, 0.05) is 36.1 Å². The van der Waals surface area contributed by atoms with Crippen LogP contribution in [-0.2, 0) is 0 Å². The molecule has 3 rings (SSSR count). The summed E-state index contributed by atoms with van der Waals surface area (Å²) in [6.07, 6.45) is 3.70. The summed E-state index contributed by atoms with van der Waals surface area (Å²) in [5, 5.41) is 5.92. The Bertz CT molecular complexity index is 583. The lowest BCUT2D eigenvalue weighted by molar-refractivity contribution is 0.203. The van der Waals surface area contributed by atoms with Gasteiger partial charge >= 0.3 is 6.03 Å². The van der Waals surface area contributed by atoms with Crippen LogP contribution in [0.4, 0.5) is 14.9 Å². The molecular weight excluding hydrogens is 259 g/mol. The molecule has 1 unspecified atom stereocenters. The molecule has 106 valence electrons. The number of hydrogen-bond donors (Lipinski definition) is 3. The second-order valence-electron chi connectivity index (χ2n) is 5.14. The molecule has 0 radical (unpaired) electrons. The molecule has 20 heavy (non-hydrogen) atoms. The van der Waals surface area contributed by atoms with Crippen LogP contribution in [0.25, 0.3) is 0 Å². The van der Waals surface area contributed by atoms with E-state index in [1.165, 1.54) is 12.1 Å². The molecule has 1 aromatic rings. The fourth-order valence-electron chi connectivity index (χ4n) is 2.43. The zero-order valence-electron chi connectivity index (χ0n) is 11.2. The normalized spacial score (nSPS) is 21.4. The van der Waals surface area contributed by atoms with Crippen molar-refractivity contribution in [3.63, 3.8) is 0 Å². The Morgan fingerprint density at radius 2 is 2.25 bits per heavy atom. The third kappa shape index (κ3) is 2.17. The predicted molar refractivity (Wildman–Crippen MR) is 73.8 cm³/mol. The molecular formula is C14H17FN4O. The van der Waals surface area contributed by atoms with Crippen LogP contribution in [0, 0.1) is 11.7 Å². The Morgan fingerprint density at radius 1 is 1.50 bits per heavy atom. The molecule has 1 atom stereocenters. The van der Waals surface area contributed by atoms with Gasteiger partial charge in [-0.1, -0.05) is 6.07 Å². The van der Waals surface area contributed by atoms with Crippen LogP contribution in [0.3, 0.4) is 0 Å². The Balaban J connectivity index is 1.92. The zero-order chi connectivity index (χ0) is 14.3. The largest absolute Gasteiger partial charge is 0.398 e. The number of rotatable bonds is 2. The molecule has 1 aliphatic carbocycles. The molecule has 1 saturated carbocycles. The van der Waals surface area contributed by atoms with Gasteiger partial charge in [0.25, 0.3) is 0 Å². The van der Waals surface area contributed by atoms with Crippen molar-refractivity contribution >= 4 is 11.7 Å². The lowest BCUT2D eigenvalue weighted by Crippen LogP contribution is -2.38. The van der Waals surface area contributed by atoms with Crippen molar-refractivity contribution in [1.82, 2.24) is 15.5 Å². The van der Waals surface area contributed by atoms with Gasteiger partial charge in [-0.3, -0.25) is 4.90 Å². The van der Waals surface area contributed by atoms with Crippen LogP contribution in [-0.4, -0.2) is 18.0 Å². The van der Waals surface area contributed by atoms with Crippen LogP contribution < -0.4 is 16.4 Å². The molecule has 0 aromatic heterocycles. The highest BCUT2D eigenvalue weighted by atomic mass is 19.1. The van der Waals surface area contributed by atoms with E-state index in [0.29, 0.717) is 17.2 Å². The molecule has 1 heterocycles. The number of allylic oxidation sites excluding steroid dienone is 1. The van der Waals surface area contributed by atoms with E-state index in [2.05, 4.69) is 10.6 Å². The number of nitrogens with zero attached hydrogens (tertiary/aromatic N) is 1. The van der Waals surface area contributed by atoms with Gasteiger partial charge in [-0.05, 0) is 25.0 Å². The van der Waals surface area contributed by atoms with E-state index in [4.69, 9.17) is 5.73 Å². The summed E-state index contributed by atoms with van der Waals surface area (Å²) < 4.78 is 13.2. The van der Waals surface area contributed by atoms with E-state index in [1.54, 1.807) is 18.0 Å². The second-order valence-corrected chi connectivity index (χ2v) is 5.14. The summed E-state index contributed by atoms with van der Waals surface area (Å²) in [6.45, 7) is 0. The monoisotopic (exact) mass is 276 g/mol. The lowest BCUT2D eigenvalue weighted by atomic mass is 10.1. The number of urea groups is 1. The quantitative estimate of drug-likeness (QED) is 0.723. The summed E-state index contributed by atoms with van der Waals surface area (Å²) in [4.78, 5) is 13.5. The van der Waals surface area contributed by atoms with Crippen LogP contribution >= 0.6 is 0 Å². The van der Waals surface area contributed by atoms with E-state index in [-0.39, 0.29) is 18.0 Å². The minimum Gasteiger partial charge on any atom is -0.398 e. The number of carbonyl (C=O) groups excluding carboxylic acids is 1. The first-order valence-electron chi connectivity index (χ1n) is 6.63. The van der Waals surface area contributed by atoms with Crippen molar-refractivity contribution in [2.45, 2.75) is 19.0 Å². The minimum absolute atomic E-state index is 0.220. The van der Waals surface area contributed by atoms with Gasteiger partial charge in [-0.25, -0.2) is 9.18 Å². The SMILES string of the molecule is CNC(=O)N1C=C(C2CC2)NC1c1ccc(F)cc1N. The van der Waals surface area contributed by atoms with Gasteiger partial charge in [0.1, 0.15) is 12.0 Å². The number of nitrogen functional groups attached to an aromatic ring is 1. The van der Waals surface area contributed by atoms with Crippen LogP contribution in [0.15, 0.2) is 30.1 Å². The number of benzene rings is 1. The maximum atomic E-state index is 13.2. The molecule has 1 aromatic carbocycles. The van der Waals surface area contributed by atoms with E-state index in [1.807, 2.05) is 6.20 Å². The molecule has 0 bridgehead atoms. The number of amides is 2. The van der Waals surface area contributed by atoms with Crippen LogP contribution in [0.1, 0.15) is 24.6 Å². The number of hydrogen-bond acceptors (Lipinski definition) is 3. The summed E-state index contributed by atoms with van der Waals surface area (Å²) in [5.41, 5.74) is 7.96. The van der Waals surface area contributed by atoms with Crippen molar-refractivity contribution in [3.8, 4) is 0 Å². The molecule has 2 amide bonds. The summed E-state index contributed by atoms with van der Waals surface area (Å²) >= 11 is 0. The fourth-order valence-corrected chi connectivity index (χ4v) is 2.43. The Labute approximate surface area is 116 Å². The van der Waals surface area contributed by atoms with Crippen molar-refractivity contribution in [1.29, 1.82) is 0 Å². The topological polar surface area (TPSA) is 70.4 Å². The van der Waals surface area contributed by atoms with E-state index < -0.39 is 0 Å². The van der Waals surface area contributed by atoms with Gasteiger partial charge in [-0.2, -0.15) is 0 Å². The van der Waals surface area contributed by atoms with E-state index >= 15 is 0 Å². The number of nitrogens with two attached hydrogens (primary N) is 1. The third-order valence-corrected chi connectivity index (χ3v) is 3.67. The second kappa shape index (κ2) is 4.70. The van der Waals surface area contributed by atoms with E-state index in [0.717, 1.165) is 18.5 Å². The number of nitrogens with one attached hydrogen (secondary N) is 2. The van der Waals surface area contributed by atoms with Crippen molar-refractivity contribution in [3.05, 3.63) is 41.5 Å². The number of carbonyl (C=O) groups is 1. The lowest BCUT2D eigenvalue weighted by Gasteiger charge is -2.25. The van der Waals surface area contributed by atoms with Gasteiger partial charge < -0.3 is 16.4 Å². The van der Waals surface area contributed by atoms with Crippen molar-refractivity contribution in [2.75, 3.05) is 12.8 Å². The van der Waals surface area contributed by atoms with Crippen LogP contribution in [0.2, 0.25) is 0 Å².